The molecule has 0 saturated carbocycles. The summed E-state index contributed by atoms with van der Waals surface area (Å²) in [6.07, 6.45) is 2.14. The van der Waals surface area contributed by atoms with Gasteiger partial charge < -0.3 is 15.0 Å². The van der Waals surface area contributed by atoms with Crippen LogP contribution in [0.25, 0.3) is 0 Å². The molecule has 1 fully saturated rings. The first-order chi connectivity index (χ1) is 6.72. The van der Waals surface area contributed by atoms with Crippen LogP contribution in [-0.2, 0) is 4.74 Å². The number of carbonyl (C=O) groups is 1. The van der Waals surface area contributed by atoms with Gasteiger partial charge in [-0.25, -0.2) is 4.79 Å². The van der Waals surface area contributed by atoms with Crippen molar-refractivity contribution in [3.8, 4) is 0 Å². The molecule has 0 bridgehead atoms. The summed E-state index contributed by atoms with van der Waals surface area (Å²) in [7, 11) is 2.12. The summed E-state index contributed by atoms with van der Waals surface area (Å²) in [6, 6.07) is 0. The van der Waals surface area contributed by atoms with Gasteiger partial charge in [-0.2, -0.15) is 0 Å². The number of ether oxygens (including phenoxy) is 1. The molecular formula is C10H20N2O2. The van der Waals surface area contributed by atoms with E-state index in [4.69, 9.17) is 4.74 Å². The van der Waals surface area contributed by atoms with Crippen molar-refractivity contribution < 1.29 is 9.53 Å². The third-order valence-corrected chi connectivity index (χ3v) is 2.53. The van der Waals surface area contributed by atoms with E-state index < -0.39 is 0 Å². The van der Waals surface area contributed by atoms with Gasteiger partial charge >= 0.3 is 6.09 Å². The highest BCUT2D eigenvalue weighted by Gasteiger charge is 2.17. The topological polar surface area (TPSA) is 41.6 Å². The van der Waals surface area contributed by atoms with Crippen LogP contribution in [0.15, 0.2) is 0 Å². The Hall–Kier alpha value is -0.770. The number of nitrogens with zero attached hydrogens (tertiary/aromatic N) is 1. The predicted molar refractivity (Wildman–Crippen MR) is 55.2 cm³/mol. The number of hydrogen-bond donors (Lipinski definition) is 1. The summed E-state index contributed by atoms with van der Waals surface area (Å²) in [5, 5.41) is 2.79. The molecule has 1 aliphatic heterocycles. The maximum absolute atomic E-state index is 11.0. The molecular weight excluding hydrogens is 180 g/mol. The molecule has 1 rings (SSSR count). The van der Waals surface area contributed by atoms with Gasteiger partial charge in [0, 0.05) is 13.1 Å². The van der Waals surface area contributed by atoms with Crippen molar-refractivity contribution in [3.05, 3.63) is 0 Å². The number of carbonyl (C=O) groups excluding carboxylic acids is 1. The highest BCUT2D eigenvalue weighted by Crippen LogP contribution is 2.13. The number of alkyl carbamates (subject to hydrolysis) is 1. The van der Waals surface area contributed by atoms with E-state index >= 15 is 0 Å². The van der Waals surface area contributed by atoms with E-state index in [9.17, 15) is 4.79 Å². The molecule has 0 aromatic heterocycles. The molecule has 1 saturated heterocycles. The lowest BCUT2D eigenvalue weighted by atomic mass is 9.99. The Labute approximate surface area is 85.6 Å². The summed E-state index contributed by atoms with van der Waals surface area (Å²) in [6.45, 7) is 5.25. The van der Waals surface area contributed by atoms with E-state index in [1.54, 1.807) is 0 Å². The fourth-order valence-electron chi connectivity index (χ4n) is 1.85. The molecule has 4 nitrogen and oxygen atoms in total. The molecule has 82 valence electrons. The Morgan fingerprint density at radius 1 is 1.64 bits per heavy atom. The average molecular weight is 200 g/mol. The molecule has 0 aromatic rings. The Morgan fingerprint density at radius 3 is 3.07 bits per heavy atom. The molecule has 14 heavy (non-hydrogen) atoms. The Kier molecular flexibility index (Phi) is 4.73. The van der Waals surface area contributed by atoms with Gasteiger partial charge in [-0.3, -0.25) is 0 Å². The molecule has 1 heterocycles. The zero-order valence-corrected chi connectivity index (χ0v) is 9.08. The van der Waals surface area contributed by atoms with Crippen LogP contribution in [0.2, 0.25) is 0 Å². The zero-order valence-electron chi connectivity index (χ0n) is 9.08. The number of piperidine rings is 1. The van der Waals surface area contributed by atoms with E-state index in [1.807, 2.05) is 6.92 Å². The Balaban J connectivity index is 2.14. The molecule has 1 N–H and O–H groups in total. The fourth-order valence-corrected chi connectivity index (χ4v) is 1.85. The van der Waals surface area contributed by atoms with E-state index in [-0.39, 0.29) is 6.09 Å². The standard InChI is InChI=1S/C10H20N2O2/c1-3-14-10(13)11-7-9-5-4-6-12(2)8-9/h9H,3-8H2,1-2H3,(H,11,13). The van der Waals surface area contributed by atoms with Crippen molar-refractivity contribution in [1.29, 1.82) is 0 Å². The Bertz CT molecular complexity index is 185. The molecule has 0 radical (unpaired) electrons. The molecule has 1 unspecified atom stereocenters. The molecule has 4 heteroatoms. The predicted octanol–water partition coefficient (Wildman–Crippen LogP) is 1.07. The lowest BCUT2D eigenvalue weighted by Gasteiger charge is -2.29. The lowest BCUT2D eigenvalue weighted by Crippen LogP contribution is -2.39. The van der Waals surface area contributed by atoms with Crippen LogP contribution in [0, 0.1) is 5.92 Å². The number of hydrogen-bond acceptors (Lipinski definition) is 3. The van der Waals surface area contributed by atoms with Crippen molar-refractivity contribution in [2.24, 2.45) is 5.92 Å². The Morgan fingerprint density at radius 2 is 2.43 bits per heavy atom. The summed E-state index contributed by atoms with van der Waals surface area (Å²) >= 11 is 0. The van der Waals surface area contributed by atoms with Gasteiger partial charge in [-0.1, -0.05) is 0 Å². The van der Waals surface area contributed by atoms with Crippen LogP contribution in [-0.4, -0.2) is 44.3 Å². The van der Waals surface area contributed by atoms with Crippen molar-refractivity contribution in [1.82, 2.24) is 10.2 Å². The first-order valence-electron chi connectivity index (χ1n) is 5.31. The van der Waals surface area contributed by atoms with Crippen LogP contribution < -0.4 is 5.32 Å². The van der Waals surface area contributed by atoms with Crippen LogP contribution in [0.5, 0.6) is 0 Å². The second-order valence-electron chi connectivity index (χ2n) is 3.87. The molecule has 1 aliphatic rings. The van der Waals surface area contributed by atoms with Crippen LogP contribution in [0.3, 0.4) is 0 Å². The van der Waals surface area contributed by atoms with Crippen LogP contribution in [0.1, 0.15) is 19.8 Å². The first-order valence-corrected chi connectivity index (χ1v) is 5.31. The third kappa shape index (κ3) is 3.96. The zero-order chi connectivity index (χ0) is 10.4. The summed E-state index contributed by atoms with van der Waals surface area (Å²) in [5.74, 6) is 0.582. The lowest BCUT2D eigenvalue weighted by molar-refractivity contribution is 0.145. The number of nitrogens with one attached hydrogen (secondary N) is 1. The van der Waals surface area contributed by atoms with Gasteiger partial charge in [0.2, 0.25) is 0 Å². The first kappa shape index (κ1) is 11.3. The van der Waals surface area contributed by atoms with Gasteiger partial charge in [0.15, 0.2) is 0 Å². The monoisotopic (exact) mass is 200 g/mol. The second kappa shape index (κ2) is 5.86. The number of rotatable bonds is 3. The molecule has 0 spiro atoms. The molecule has 1 atom stereocenters. The van der Waals surface area contributed by atoms with E-state index in [2.05, 4.69) is 17.3 Å². The number of amides is 1. The van der Waals surface area contributed by atoms with Crippen molar-refractivity contribution in [2.75, 3.05) is 33.3 Å². The fraction of sp³-hybridized carbons (Fsp3) is 0.900. The highest BCUT2D eigenvalue weighted by atomic mass is 16.5. The summed E-state index contributed by atoms with van der Waals surface area (Å²) in [4.78, 5) is 13.3. The quantitative estimate of drug-likeness (QED) is 0.741. The smallest absolute Gasteiger partial charge is 0.407 e. The molecule has 0 aromatic carbocycles. The van der Waals surface area contributed by atoms with Crippen LogP contribution in [0.4, 0.5) is 4.79 Å². The van der Waals surface area contributed by atoms with E-state index in [1.165, 1.54) is 19.4 Å². The summed E-state index contributed by atoms with van der Waals surface area (Å²) < 4.78 is 4.80. The minimum absolute atomic E-state index is 0.291. The van der Waals surface area contributed by atoms with Crippen molar-refractivity contribution in [2.45, 2.75) is 19.8 Å². The number of likely N-dealkylation sites (tertiary alicyclic amines) is 1. The van der Waals surface area contributed by atoms with Crippen molar-refractivity contribution in [3.63, 3.8) is 0 Å². The van der Waals surface area contributed by atoms with Crippen LogP contribution >= 0.6 is 0 Å². The third-order valence-electron chi connectivity index (χ3n) is 2.53. The highest BCUT2D eigenvalue weighted by molar-refractivity contribution is 5.66. The second-order valence-corrected chi connectivity index (χ2v) is 3.87. The normalized spacial score (nSPS) is 23.1. The van der Waals surface area contributed by atoms with Crippen molar-refractivity contribution >= 4 is 6.09 Å². The molecule has 0 aliphatic carbocycles. The average Bonchev–Trinajstić information content (AvgIpc) is 2.15. The van der Waals surface area contributed by atoms with Gasteiger partial charge in [-0.05, 0) is 39.3 Å². The molecule has 1 amide bonds. The SMILES string of the molecule is CCOC(=O)NCC1CCCN(C)C1. The minimum atomic E-state index is -0.291. The van der Waals surface area contributed by atoms with E-state index in [0.29, 0.717) is 12.5 Å². The maximum Gasteiger partial charge on any atom is 0.407 e. The largest absolute Gasteiger partial charge is 0.450 e. The van der Waals surface area contributed by atoms with Gasteiger partial charge in [0.05, 0.1) is 6.61 Å². The minimum Gasteiger partial charge on any atom is -0.450 e. The van der Waals surface area contributed by atoms with Gasteiger partial charge in [0.1, 0.15) is 0 Å². The maximum atomic E-state index is 11.0. The summed E-state index contributed by atoms with van der Waals surface area (Å²) in [5.41, 5.74) is 0. The van der Waals surface area contributed by atoms with E-state index in [0.717, 1.165) is 13.1 Å². The van der Waals surface area contributed by atoms with Gasteiger partial charge in [0.25, 0.3) is 0 Å². The van der Waals surface area contributed by atoms with Gasteiger partial charge in [-0.15, -0.1) is 0 Å².